The standard InChI is InChI=1S/C19H13BrN2O2/c1-12-15-17(13-8-4-2-5-9-13)21-22(14-10-6-3-7-11-14)18(15)24-19(23)16(12)20/h2-11H,1H3. The van der Waals surface area contributed by atoms with Crippen molar-refractivity contribution in [2.75, 3.05) is 0 Å². The third-order valence-electron chi connectivity index (χ3n) is 3.96. The highest BCUT2D eigenvalue weighted by Crippen LogP contribution is 2.33. The van der Waals surface area contributed by atoms with Crippen molar-refractivity contribution in [1.29, 1.82) is 0 Å². The summed E-state index contributed by atoms with van der Waals surface area (Å²) >= 11 is 3.33. The minimum Gasteiger partial charge on any atom is -0.403 e. The van der Waals surface area contributed by atoms with Crippen molar-refractivity contribution in [3.8, 4) is 16.9 Å². The molecule has 0 atom stereocenters. The fourth-order valence-corrected chi connectivity index (χ4v) is 3.05. The minimum absolute atomic E-state index is 0.406. The van der Waals surface area contributed by atoms with Gasteiger partial charge in [-0.15, -0.1) is 0 Å². The number of nitrogens with zero attached hydrogens (tertiary/aromatic N) is 2. The summed E-state index contributed by atoms with van der Waals surface area (Å²) in [7, 11) is 0. The number of fused-ring (bicyclic) bond motifs is 1. The van der Waals surface area contributed by atoms with Crippen LogP contribution in [0.1, 0.15) is 5.56 Å². The molecule has 0 amide bonds. The van der Waals surface area contributed by atoms with Gasteiger partial charge in [-0.05, 0) is 40.5 Å². The number of aryl methyl sites for hydroxylation is 1. The van der Waals surface area contributed by atoms with Crippen molar-refractivity contribution < 1.29 is 4.42 Å². The predicted molar refractivity (Wildman–Crippen MR) is 97.5 cm³/mol. The highest BCUT2D eigenvalue weighted by Gasteiger charge is 2.20. The number of halogens is 1. The van der Waals surface area contributed by atoms with Gasteiger partial charge in [0, 0.05) is 5.56 Å². The van der Waals surface area contributed by atoms with Crippen LogP contribution in [0.4, 0.5) is 0 Å². The first-order valence-electron chi connectivity index (χ1n) is 7.49. The molecule has 0 fully saturated rings. The molecule has 4 rings (SSSR count). The van der Waals surface area contributed by atoms with Gasteiger partial charge in [0.2, 0.25) is 5.71 Å². The maximum absolute atomic E-state index is 12.1. The van der Waals surface area contributed by atoms with Crippen LogP contribution in [0.2, 0.25) is 0 Å². The van der Waals surface area contributed by atoms with E-state index in [1.165, 1.54) is 0 Å². The van der Waals surface area contributed by atoms with Gasteiger partial charge in [-0.25, -0.2) is 4.79 Å². The van der Waals surface area contributed by atoms with Crippen LogP contribution in [0.25, 0.3) is 28.0 Å². The number of rotatable bonds is 2. The quantitative estimate of drug-likeness (QED) is 0.505. The van der Waals surface area contributed by atoms with E-state index in [1.54, 1.807) is 4.68 Å². The summed E-state index contributed by atoms with van der Waals surface area (Å²) in [6, 6.07) is 19.5. The Morgan fingerprint density at radius 3 is 2.29 bits per heavy atom. The predicted octanol–water partition coefficient (Wildman–Crippen LogP) is 4.72. The summed E-state index contributed by atoms with van der Waals surface area (Å²) in [5, 5.41) is 5.57. The molecule has 2 aromatic heterocycles. The van der Waals surface area contributed by atoms with Crippen molar-refractivity contribution >= 4 is 27.0 Å². The van der Waals surface area contributed by atoms with Gasteiger partial charge in [-0.3, -0.25) is 0 Å². The van der Waals surface area contributed by atoms with E-state index in [9.17, 15) is 4.79 Å². The number of hydrogen-bond acceptors (Lipinski definition) is 3. The van der Waals surface area contributed by atoms with Gasteiger partial charge in [0.05, 0.1) is 11.1 Å². The van der Waals surface area contributed by atoms with Crippen LogP contribution in [-0.2, 0) is 0 Å². The van der Waals surface area contributed by atoms with E-state index in [-0.39, 0.29) is 0 Å². The van der Waals surface area contributed by atoms with Crippen LogP contribution in [0.15, 0.2) is 74.3 Å². The lowest BCUT2D eigenvalue weighted by Crippen LogP contribution is -2.04. The molecule has 118 valence electrons. The SMILES string of the molecule is Cc1c(Br)c(=O)oc2c1c(-c1ccccc1)nn2-c1ccccc1. The van der Waals surface area contributed by atoms with Crippen LogP contribution >= 0.6 is 15.9 Å². The average molecular weight is 381 g/mol. The van der Waals surface area contributed by atoms with Crippen LogP contribution in [0, 0.1) is 6.92 Å². The van der Waals surface area contributed by atoms with Gasteiger partial charge >= 0.3 is 5.63 Å². The Morgan fingerprint density at radius 1 is 1.00 bits per heavy atom. The molecule has 0 bridgehead atoms. The average Bonchev–Trinajstić information content (AvgIpc) is 3.00. The molecule has 2 heterocycles. The molecule has 0 aliphatic carbocycles. The monoisotopic (exact) mass is 380 g/mol. The molecule has 0 unspecified atom stereocenters. The van der Waals surface area contributed by atoms with Gasteiger partial charge in [-0.2, -0.15) is 9.78 Å². The van der Waals surface area contributed by atoms with Gasteiger partial charge in [-0.1, -0.05) is 48.5 Å². The second kappa shape index (κ2) is 5.76. The van der Waals surface area contributed by atoms with Gasteiger partial charge in [0.25, 0.3) is 0 Å². The van der Waals surface area contributed by atoms with Crippen molar-refractivity contribution in [3.63, 3.8) is 0 Å². The van der Waals surface area contributed by atoms with Crippen molar-refractivity contribution in [2.45, 2.75) is 6.92 Å². The second-order valence-electron chi connectivity index (χ2n) is 5.47. The fraction of sp³-hybridized carbons (Fsp3) is 0.0526. The molecule has 2 aromatic carbocycles. The first kappa shape index (κ1) is 14.9. The van der Waals surface area contributed by atoms with Crippen LogP contribution in [0.5, 0.6) is 0 Å². The first-order valence-corrected chi connectivity index (χ1v) is 8.29. The molecule has 5 heteroatoms. The van der Waals surface area contributed by atoms with E-state index in [0.29, 0.717) is 10.2 Å². The van der Waals surface area contributed by atoms with Gasteiger partial charge in [0.1, 0.15) is 10.2 Å². The highest BCUT2D eigenvalue weighted by molar-refractivity contribution is 9.10. The summed E-state index contributed by atoms with van der Waals surface area (Å²) in [6.45, 7) is 1.90. The normalized spacial score (nSPS) is 11.1. The third kappa shape index (κ3) is 2.29. The maximum Gasteiger partial charge on any atom is 0.352 e. The molecule has 24 heavy (non-hydrogen) atoms. The van der Waals surface area contributed by atoms with E-state index in [0.717, 1.165) is 27.9 Å². The van der Waals surface area contributed by atoms with Crippen molar-refractivity contribution in [3.05, 3.63) is 81.1 Å². The molecule has 4 aromatic rings. The van der Waals surface area contributed by atoms with E-state index in [2.05, 4.69) is 15.9 Å². The highest BCUT2D eigenvalue weighted by atomic mass is 79.9. The smallest absolute Gasteiger partial charge is 0.352 e. The zero-order chi connectivity index (χ0) is 16.7. The zero-order valence-corrected chi connectivity index (χ0v) is 14.4. The van der Waals surface area contributed by atoms with Crippen LogP contribution in [-0.4, -0.2) is 9.78 Å². The lowest BCUT2D eigenvalue weighted by molar-refractivity contribution is 0.530. The molecule has 0 radical (unpaired) electrons. The van der Waals surface area contributed by atoms with Crippen LogP contribution in [0.3, 0.4) is 0 Å². The minimum atomic E-state index is -0.406. The fourth-order valence-electron chi connectivity index (χ4n) is 2.77. The molecule has 0 aliphatic rings. The van der Waals surface area contributed by atoms with Crippen LogP contribution < -0.4 is 5.63 Å². The summed E-state index contributed by atoms with van der Waals surface area (Å²) < 4.78 is 7.67. The Bertz CT molecular complexity index is 1080. The van der Waals surface area contributed by atoms with E-state index in [1.807, 2.05) is 67.6 Å². The molecule has 4 nitrogen and oxygen atoms in total. The van der Waals surface area contributed by atoms with E-state index < -0.39 is 5.63 Å². The van der Waals surface area contributed by atoms with E-state index in [4.69, 9.17) is 9.52 Å². The maximum atomic E-state index is 12.1. The Kier molecular flexibility index (Phi) is 3.58. The van der Waals surface area contributed by atoms with Crippen molar-refractivity contribution in [1.82, 2.24) is 9.78 Å². The lowest BCUT2D eigenvalue weighted by atomic mass is 10.1. The Morgan fingerprint density at radius 2 is 1.62 bits per heavy atom. The number of hydrogen-bond donors (Lipinski definition) is 0. The number of benzene rings is 2. The third-order valence-corrected chi connectivity index (χ3v) is 4.88. The Hall–Kier alpha value is -2.66. The number of para-hydroxylation sites is 1. The molecule has 0 saturated heterocycles. The molecule has 0 N–H and O–H groups in total. The zero-order valence-electron chi connectivity index (χ0n) is 12.9. The molecule has 0 spiro atoms. The number of aromatic nitrogens is 2. The topological polar surface area (TPSA) is 48.0 Å². The summed E-state index contributed by atoms with van der Waals surface area (Å²) in [4.78, 5) is 12.1. The van der Waals surface area contributed by atoms with Gasteiger partial charge in [0.15, 0.2) is 0 Å². The Labute approximate surface area is 146 Å². The summed E-state index contributed by atoms with van der Waals surface area (Å²) in [5.41, 5.74) is 3.47. The first-order chi connectivity index (χ1) is 11.7. The lowest BCUT2D eigenvalue weighted by Gasteiger charge is -2.02. The van der Waals surface area contributed by atoms with E-state index >= 15 is 0 Å². The Balaban J connectivity index is 2.14. The second-order valence-corrected chi connectivity index (χ2v) is 6.26. The van der Waals surface area contributed by atoms with Gasteiger partial charge < -0.3 is 4.42 Å². The largest absolute Gasteiger partial charge is 0.403 e. The summed E-state index contributed by atoms with van der Waals surface area (Å²) in [5.74, 6) is 0. The molecule has 0 saturated carbocycles. The molecular formula is C19H13BrN2O2. The summed E-state index contributed by atoms with van der Waals surface area (Å²) in [6.07, 6.45) is 0. The molecule has 0 aliphatic heterocycles. The molecular weight excluding hydrogens is 368 g/mol. The van der Waals surface area contributed by atoms with Crippen molar-refractivity contribution in [2.24, 2.45) is 0 Å².